The third-order valence-electron chi connectivity index (χ3n) is 3.17. The molecule has 3 nitrogen and oxygen atoms in total. The first-order valence-corrected chi connectivity index (χ1v) is 6.74. The molecule has 0 aromatic carbocycles. The van der Waals surface area contributed by atoms with Gasteiger partial charge in [0.1, 0.15) is 9.84 Å². The van der Waals surface area contributed by atoms with Gasteiger partial charge < -0.3 is 5.11 Å². The average molecular weight is 204 g/mol. The van der Waals surface area contributed by atoms with Crippen LogP contribution in [0.5, 0.6) is 0 Å². The maximum atomic E-state index is 11.1. The van der Waals surface area contributed by atoms with Crippen LogP contribution in [0.15, 0.2) is 0 Å². The number of hydrogen-bond acceptors (Lipinski definition) is 3. The van der Waals surface area contributed by atoms with E-state index in [1.165, 1.54) is 0 Å². The van der Waals surface area contributed by atoms with E-state index in [2.05, 4.69) is 0 Å². The van der Waals surface area contributed by atoms with Gasteiger partial charge in [-0.05, 0) is 38.0 Å². The predicted molar refractivity (Wildman–Crippen MR) is 50.2 cm³/mol. The zero-order valence-electron chi connectivity index (χ0n) is 7.70. The summed E-state index contributed by atoms with van der Waals surface area (Å²) in [7, 11) is -2.73. The molecule has 1 saturated carbocycles. The maximum absolute atomic E-state index is 11.1. The first-order chi connectivity index (χ1) is 5.99. The van der Waals surface area contributed by atoms with Crippen LogP contribution in [0.1, 0.15) is 32.1 Å². The Labute approximate surface area is 79.1 Å². The highest BCUT2D eigenvalue weighted by Gasteiger charge is 2.42. The van der Waals surface area contributed by atoms with Crippen molar-refractivity contribution in [3.05, 3.63) is 0 Å². The summed E-state index contributed by atoms with van der Waals surface area (Å²) in [5.41, 5.74) is -0.411. The molecule has 1 aliphatic carbocycles. The third kappa shape index (κ3) is 2.44. The average Bonchev–Trinajstić information content (AvgIpc) is 2.74. The summed E-state index contributed by atoms with van der Waals surface area (Å²) in [4.78, 5) is 0. The molecule has 2 rings (SSSR count). The second kappa shape index (κ2) is 2.95. The van der Waals surface area contributed by atoms with E-state index in [9.17, 15) is 13.5 Å². The third-order valence-corrected chi connectivity index (χ3v) is 4.89. The van der Waals surface area contributed by atoms with Crippen LogP contribution in [-0.4, -0.2) is 30.6 Å². The fraction of sp³-hybridized carbons (Fsp3) is 1.00. The van der Waals surface area contributed by atoms with Gasteiger partial charge in [0.05, 0.1) is 17.1 Å². The first kappa shape index (κ1) is 9.46. The molecule has 0 radical (unpaired) electrons. The fourth-order valence-electron chi connectivity index (χ4n) is 2.03. The van der Waals surface area contributed by atoms with Crippen LogP contribution in [0.4, 0.5) is 0 Å². The minimum atomic E-state index is -2.73. The Kier molecular flexibility index (Phi) is 2.15. The molecule has 1 aliphatic heterocycles. The van der Waals surface area contributed by atoms with E-state index >= 15 is 0 Å². The Bertz CT molecular complexity index is 276. The molecular formula is C9H16O3S. The monoisotopic (exact) mass is 204 g/mol. The second-order valence-corrected chi connectivity index (χ2v) is 6.83. The van der Waals surface area contributed by atoms with E-state index in [1.54, 1.807) is 0 Å². The van der Waals surface area contributed by atoms with Crippen LogP contribution in [0.3, 0.4) is 0 Å². The molecule has 76 valence electrons. The summed E-state index contributed by atoms with van der Waals surface area (Å²) in [5.74, 6) is 1.10. The Morgan fingerprint density at radius 2 is 1.77 bits per heavy atom. The van der Waals surface area contributed by atoms with E-state index < -0.39 is 15.4 Å². The van der Waals surface area contributed by atoms with Crippen LogP contribution in [0, 0.1) is 5.92 Å². The van der Waals surface area contributed by atoms with E-state index in [0.717, 1.165) is 32.1 Å². The summed E-state index contributed by atoms with van der Waals surface area (Å²) < 4.78 is 22.2. The van der Waals surface area contributed by atoms with Crippen LogP contribution in [0.2, 0.25) is 0 Å². The molecule has 0 atom stereocenters. The van der Waals surface area contributed by atoms with Gasteiger partial charge in [-0.25, -0.2) is 8.42 Å². The lowest BCUT2D eigenvalue weighted by atomic mass is 9.94. The molecule has 1 heterocycles. The van der Waals surface area contributed by atoms with Crippen LogP contribution < -0.4 is 0 Å². The Balaban J connectivity index is 1.85. The van der Waals surface area contributed by atoms with Gasteiger partial charge in [-0.2, -0.15) is 0 Å². The summed E-state index contributed by atoms with van der Waals surface area (Å²) in [6.45, 7) is 0. The largest absolute Gasteiger partial charge is 0.390 e. The SMILES string of the molecule is O=S1(=O)CCC(CC2(O)CC2)CC1. The Morgan fingerprint density at radius 1 is 1.23 bits per heavy atom. The van der Waals surface area contributed by atoms with Crippen molar-refractivity contribution in [2.45, 2.75) is 37.7 Å². The molecule has 2 aliphatic rings. The first-order valence-electron chi connectivity index (χ1n) is 4.92. The summed E-state index contributed by atoms with van der Waals surface area (Å²) in [6, 6.07) is 0. The fourth-order valence-corrected chi connectivity index (χ4v) is 3.62. The second-order valence-electron chi connectivity index (χ2n) is 4.52. The highest BCUT2D eigenvalue weighted by molar-refractivity contribution is 7.91. The molecule has 1 saturated heterocycles. The van der Waals surface area contributed by atoms with Gasteiger partial charge in [0.25, 0.3) is 0 Å². The van der Waals surface area contributed by atoms with E-state index in [4.69, 9.17) is 0 Å². The molecule has 2 fully saturated rings. The summed E-state index contributed by atoms with van der Waals surface area (Å²) in [5, 5.41) is 9.66. The molecule has 1 N–H and O–H groups in total. The lowest BCUT2D eigenvalue weighted by Gasteiger charge is -2.23. The van der Waals surface area contributed by atoms with E-state index in [0.29, 0.717) is 17.4 Å². The number of sulfone groups is 1. The molecule has 13 heavy (non-hydrogen) atoms. The van der Waals surface area contributed by atoms with Gasteiger partial charge in [-0.3, -0.25) is 0 Å². The van der Waals surface area contributed by atoms with Crippen molar-refractivity contribution in [3.8, 4) is 0 Å². The van der Waals surface area contributed by atoms with E-state index in [1.807, 2.05) is 0 Å². The number of aliphatic hydroxyl groups is 1. The lowest BCUT2D eigenvalue weighted by molar-refractivity contribution is 0.115. The number of rotatable bonds is 2. The lowest BCUT2D eigenvalue weighted by Crippen LogP contribution is -2.26. The molecule has 0 amide bonds. The zero-order valence-corrected chi connectivity index (χ0v) is 8.52. The molecule has 4 heteroatoms. The van der Waals surface area contributed by atoms with Gasteiger partial charge in [0, 0.05) is 0 Å². The van der Waals surface area contributed by atoms with Crippen molar-refractivity contribution < 1.29 is 13.5 Å². The van der Waals surface area contributed by atoms with Gasteiger partial charge >= 0.3 is 0 Å². The van der Waals surface area contributed by atoms with Gasteiger partial charge in [-0.15, -0.1) is 0 Å². The predicted octanol–water partition coefficient (Wildman–Crippen LogP) is 0.726. The molecule has 0 aromatic rings. The maximum Gasteiger partial charge on any atom is 0.150 e. The smallest absolute Gasteiger partial charge is 0.150 e. The molecule has 0 unspecified atom stereocenters. The van der Waals surface area contributed by atoms with Crippen LogP contribution in [0.25, 0.3) is 0 Å². The van der Waals surface area contributed by atoms with Crippen molar-refractivity contribution in [1.29, 1.82) is 0 Å². The summed E-state index contributed by atoms with van der Waals surface area (Å²) in [6.07, 6.45) is 4.16. The van der Waals surface area contributed by atoms with Crippen molar-refractivity contribution in [1.82, 2.24) is 0 Å². The van der Waals surface area contributed by atoms with Gasteiger partial charge in [0.15, 0.2) is 0 Å². The minimum absolute atomic E-state index is 0.327. The van der Waals surface area contributed by atoms with E-state index in [-0.39, 0.29) is 0 Å². The highest BCUT2D eigenvalue weighted by Crippen LogP contribution is 2.42. The molecule has 0 bridgehead atoms. The zero-order chi connectivity index (χ0) is 9.53. The Hall–Kier alpha value is -0.0900. The topological polar surface area (TPSA) is 54.4 Å². The molecule has 0 aromatic heterocycles. The van der Waals surface area contributed by atoms with Crippen LogP contribution >= 0.6 is 0 Å². The number of hydrogen-bond donors (Lipinski definition) is 1. The van der Waals surface area contributed by atoms with Crippen LogP contribution in [-0.2, 0) is 9.84 Å². The van der Waals surface area contributed by atoms with Crippen molar-refractivity contribution in [2.75, 3.05) is 11.5 Å². The molecular weight excluding hydrogens is 188 g/mol. The van der Waals surface area contributed by atoms with Crippen molar-refractivity contribution in [2.24, 2.45) is 5.92 Å². The molecule has 0 spiro atoms. The van der Waals surface area contributed by atoms with Gasteiger partial charge in [0.2, 0.25) is 0 Å². The highest BCUT2D eigenvalue weighted by atomic mass is 32.2. The van der Waals surface area contributed by atoms with Gasteiger partial charge in [-0.1, -0.05) is 0 Å². The van der Waals surface area contributed by atoms with Crippen molar-refractivity contribution in [3.63, 3.8) is 0 Å². The minimum Gasteiger partial charge on any atom is -0.390 e. The standard InChI is InChI=1S/C9H16O3S/c10-9(3-4-9)7-8-1-5-13(11,12)6-2-8/h8,10H,1-7H2. The normalized spacial score (nSPS) is 31.5. The van der Waals surface area contributed by atoms with Crippen molar-refractivity contribution >= 4 is 9.84 Å². The quantitative estimate of drug-likeness (QED) is 0.721. The Morgan fingerprint density at radius 3 is 2.23 bits per heavy atom. The summed E-state index contributed by atoms with van der Waals surface area (Å²) >= 11 is 0.